The fourth-order valence-corrected chi connectivity index (χ4v) is 3.52. The molecular formula is C18H19N3O. The maximum Gasteiger partial charge on any atom is 0.155 e. The molecule has 0 saturated heterocycles. The molecule has 112 valence electrons. The molecule has 1 aliphatic rings. The molecule has 4 heteroatoms. The van der Waals surface area contributed by atoms with Crippen molar-refractivity contribution in [3.8, 4) is 16.9 Å². The van der Waals surface area contributed by atoms with E-state index < -0.39 is 0 Å². The molecule has 2 aromatic heterocycles. The van der Waals surface area contributed by atoms with Gasteiger partial charge in [0.15, 0.2) is 5.65 Å². The van der Waals surface area contributed by atoms with Crippen molar-refractivity contribution in [3.05, 3.63) is 48.4 Å². The topological polar surface area (TPSA) is 50.4 Å². The molecule has 3 aromatic rings. The second-order valence-corrected chi connectivity index (χ2v) is 6.04. The van der Waals surface area contributed by atoms with Gasteiger partial charge in [-0.1, -0.05) is 31.4 Å². The van der Waals surface area contributed by atoms with E-state index in [1.54, 1.807) is 12.1 Å². The van der Waals surface area contributed by atoms with Gasteiger partial charge in [-0.25, -0.2) is 9.50 Å². The van der Waals surface area contributed by atoms with Crippen LogP contribution in [0.3, 0.4) is 0 Å². The fourth-order valence-electron chi connectivity index (χ4n) is 3.52. The summed E-state index contributed by atoms with van der Waals surface area (Å²) >= 11 is 0. The maximum atomic E-state index is 9.53. The Morgan fingerprint density at radius 1 is 1.00 bits per heavy atom. The molecule has 1 fully saturated rings. The van der Waals surface area contributed by atoms with Gasteiger partial charge in [0.25, 0.3) is 0 Å². The molecule has 4 nitrogen and oxygen atoms in total. The van der Waals surface area contributed by atoms with Gasteiger partial charge in [-0.3, -0.25) is 0 Å². The third-order valence-corrected chi connectivity index (χ3v) is 4.62. The quantitative estimate of drug-likeness (QED) is 0.772. The van der Waals surface area contributed by atoms with Crippen molar-refractivity contribution in [1.29, 1.82) is 0 Å². The molecule has 1 aliphatic carbocycles. The Hall–Kier alpha value is -2.36. The second kappa shape index (κ2) is 5.44. The Kier molecular flexibility index (Phi) is 3.29. The molecule has 0 aliphatic heterocycles. The van der Waals surface area contributed by atoms with Crippen molar-refractivity contribution < 1.29 is 5.11 Å². The minimum Gasteiger partial charge on any atom is -0.508 e. The summed E-state index contributed by atoms with van der Waals surface area (Å²) in [6.45, 7) is 0. The van der Waals surface area contributed by atoms with Crippen LogP contribution >= 0.6 is 0 Å². The second-order valence-electron chi connectivity index (χ2n) is 6.04. The van der Waals surface area contributed by atoms with Crippen LogP contribution in [0.25, 0.3) is 16.8 Å². The minimum absolute atomic E-state index is 0.288. The number of aromatic nitrogens is 3. The Morgan fingerprint density at radius 2 is 1.77 bits per heavy atom. The van der Waals surface area contributed by atoms with E-state index in [2.05, 4.69) is 10.1 Å². The largest absolute Gasteiger partial charge is 0.508 e. The fraction of sp³-hybridized carbons (Fsp3) is 0.333. The lowest BCUT2D eigenvalue weighted by atomic mass is 9.84. The van der Waals surface area contributed by atoms with Gasteiger partial charge < -0.3 is 5.11 Å². The highest BCUT2D eigenvalue weighted by Gasteiger charge is 2.23. The Labute approximate surface area is 129 Å². The molecule has 4 rings (SSSR count). The van der Waals surface area contributed by atoms with Crippen LogP contribution in [0, 0.1) is 0 Å². The molecule has 0 radical (unpaired) electrons. The summed E-state index contributed by atoms with van der Waals surface area (Å²) in [5.41, 5.74) is 4.38. The van der Waals surface area contributed by atoms with Gasteiger partial charge in [-0.15, -0.1) is 0 Å². The van der Waals surface area contributed by atoms with Crippen LogP contribution in [-0.4, -0.2) is 19.7 Å². The summed E-state index contributed by atoms with van der Waals surface area (Å²) in [5, 5.41) is 14.0. The summed E-state index contributed by atoms with van der Waals surface area (Å²) in [6, 6.07) is 9.31. The molecule has 0 bridgehead atoms. The molecule has 22 heavy (non-hydrogen) atoms. The first-order valence-corrected chi connectivity index (χ1v) is 7.95. The van der Waals surface area contributed by atoms with E-state index in [-0.39, 0.29) is 5.75 Å². The Bertz CT molecular complexity index is 786. The highest BCUT2D eigenvalue weighted by atomic mass is 16.3. The van der Waals surface area contributed by atoms with E-state index in [1.807, 2.05) is 35.1 Å². The van der Waals surface area contributed by atoms with Crippen LogP contribution in [0.4, 0.5) is 0 Å². The van der Waals surface area contributed by atoms with Crippen LogP contribution in [0.2, 0.25) is 0 Å². The maximum absolute atomic E-state index is 9.53. The van der Waals surface area contributed by atoms with E-state index in [9.17, 15) is 5.11 Å². The van der Waals surface area contributed by atoms with Crippen molar-refractivity contribution in [2.75, 3.05) is 0 Å². The number of nitrogens with zero attached hydrogens (tertiary/aromatic N) is 3. The molecule has 0 spiro atoms. The first-order chi connectivity index (χ1) is 10.8. The van der Waals surface area contributed by atoms with Gasteiger partial charge in [0, 0.05) is 23.7 Å². The van der Waals surface area contributed by atoms with Crippen LogP contribution < -0.4 is 0 Å². The molecule has 0 amide bonds. The van der Waals surface area contributed by atoms with E-state index in [4.69, 9.17) is 0 Å². The average molecular weight is 293 g/mol. The normalized spacial score (nSPS) is 16.2. The van der Waals surface area contributed by atoms with E-state index in [0.29, 0.717) is 5.92 Å². The number of aromatic hydroxyl groups is 1. The first-order valence-electron chi connectivity index (χ1n) is 7.95. The van der Waals surface area contributed by atoms with Crippen molar-refractivity contribution >= 4 is 5.65 Å². The number of phenols is 1. The third kappa shape index (κ3) is 2.25. The van der Waals surface area contributed by atoms with Crippen LogP contribution in [0.15, 0.2) is 42.7 Å². The van der Waals surface area contributed by atoms with Crippen LogP contribution in [-0.2, 0) is 0 Å². The van der Waals surface area contributed by atoms with Gasteiger partial charge in [-0.2, -0.15) is 5.10 Å². The molecule has 1 saturated carbocycles. The number of hydrogen-bond acceptors (Lipinski definition) is 3. The Balaban J connectivity index is 1.91. The van der Waals surface area contributed by atoms with Gasteiger partial charge in [0.05, 0.1) is 11.9 Å². The number of rotatable bonds is 2. The number of fused-ring (bicyclic) bond motifs is 1. The predicted molar refractivity (Wildman–Crippen MR) is 85.9 cm³/mol. The predicted octanol–water partition coefficient (Wildman–Crippen LogP) is 4.15. The van der Waals surface area contributed by atoms with Gasteiger partial charge in [-0.05, 0) is 30.5 Å². The summed E-state index contributed by atoms with van der Waals surface area (Å²) in [5.74, 6) is 0.819. The van der Waals surface area contributed by atoms with Crippen LogP contribution in [0.5, 0.6) is 5.75 Å². The highest BCUT2D eigenvalue weighted by Crippen LogP contribution is 2.38. The smallest absolute Gasteiger partial charge is 0.155 e. The SMILES string of the molecule is Oc1ccc(-c2cnc3ccnn3c2C2CCCCC2)cc1. The number of benzene rings is 1. The molecule has 0 unspecified atom stereocenters. The molecular weight excluding hydrogens is 274 g/mol. The van der Waals surface area contributed by atoms with E-state index in [0.717, 1.165) is 16.8 Å². The molecule has 0 atom stereocenters. The highest BCUT2D eigenvalue weighted by molar-refractivity contribution is 5.68. The lowest BCUT2D eigenvalue weighted by molar-refractivity contribution is 0.431. The minimum atomic E-state index is 0.288. The third-order valence-electron chi connectivity index (χ3n) is 4.62. The van der Waals surface area contributed by atoms with Gasteiger partial charge in [0.2, 0.25) is 0 Å². The summed E-state index contributed by atoms with van der Waals surface area (Å²) in [6.07, 6.45) is 10.1. The number of phenolic OH excluding ortho intramolecular Hbond substituents is 1. The lowest BCUT2D eigenvalue weighted by Gasteiger charge is -2.24. The van der Waals surface area contributed by atoms with E-state index in [1.165, 1.54) is 37.8 Å². The van der Waals surface area contributed by atoms with Crippen molar-refractivity contribution in [2.45, 2.75) is 38.0 Å². The van der Waals surface area contributed by atoms with Crippen molar-refractivity contribution in [1.82, 2.24) is 14.6 Å². The van der Waals surface area contributed by atoms with Crippen molar-refractivity contribution in [2.24, 2.45) is 0 Å². The molecule has 2 heterocycles. The van der Waals surface area contributed by atoms with E-state index >= 15 is 0 Å². The average Bonchev–Trinajstić information content (AvgIpc) is 3.04. The zero-order chi connectivity index (χ0) is 14.9. The first kappa shape index (κ1) is 13.3. The zero-order valence-electron chi connectivity index (χ0n) is 12.4. The Morgan fingerprint density at radius 3 is 2.55 bits per heavy atom. The van der Waals surface area contributed by atoms with Gasteiger partial charge >= 0.3 is 0 Å². The zero-order valence-corrected chi connectivity index (χ0v) is 12.4. The summed E-state index contributed by atoms with van der Waals surface area (Å²) in [4.78, 5) is 4.53. The number of hydrogen-bond donors (Lipinski definition) is 1. The lowest BCUT2D eigenvalue weighted by Crippen LogP contribution is -2.12. The summed E-state index contributed by atoms with van der Waals surface area (Å²) < 4.78 is 2.00. The van der Waals surface area contributed by atoms with Crippen molar-refractivity contribution in [3.63, 3.8) is 0 Å². The monoisotopic (exact) mass is 293 g/mol. The van der Waals surface area contributed by atoms with Crippen LogP contribution in [0.1, 0.15) is 43.7 Å². The molecule has 1 N–H and O–H groups in total. The van der Waals surface area contributed by atoms with Gasteiger partial charge in [0.1, 0.15) is 5.75 Å². The standard InChI is InChI=1S/C18H19N3O/c22-15-8-6-13(7-9-15)16-12-19-17-10-11-20-21(17)18(16)14-4-2-1-3-5-14/h6-12,14,22H,1-5H2. The summed E-state index contributed by atoms with van der Waals surface area (Å²) in [7, 11) is 0. The molecule has 1 aromatic carbocycles.